The second-order valence-electron chi connectivity index (χ2n) is 8.77. The molecule has 7 heteroatoms. The van der Waals surface area contributed by atoms with E-state index in [1.807, 2.05) is 48.5 Å². The third-order valence-electron chi connectivity index (χ3n) is 6.60. The summed E-state index contributed by atoms with van der Waals surface area (Å²) in [5.41, 5.74) is 2.81. The van der Waals surface area contributed by atoms with Crippen molar-refractivity contribution in [2.45, 2.75) is 12.5 Å². The topological polar surface area (TPSA) is 65.4 Å². The molecule has 1 atom stereocenters. The Bertz CT molecular complexity index is 1270. The molecule has 0 spiro atoms. The lowest BCUT2D eigenvalue weighted by Crippen LogP contribution is -2.49. The molecule has 0 bridgehead atoms. The summed E-state index contributed by atoms with van der Waals surface area (Å²) < 4.78 is 11.7. The van der Waals surface area contributed by atoms with Crippen molar-refractivity contribution in [2.24, 2.45) is 5.10 Å². The Balaban J connectivity index is 1.18. The second-order valence-corrected chi connectivity index (χ2v) is 8.77. The molecule has 2 aliphatic rings. The van der Waals surface area contributed by atoms with Gasteiger partial charge in [-0.3, -0.25) is 9.69 Å². The molecule has 7 nitrogen and oxygen atoms in total. The average Bonchev–Trinajstić information content (AvgIpc) is 3.64. The molecule has 0 radical (unpaired) electrons. The van der Waals surface area contributed by atoms with Gasteiger partial charge in [0.05, 0.1) is 12.8 Å². The normalized spacial score (nSPS) is 19.1. The van der Waals surface area contributed by atoms with Crippen molar-refractivity contribution < 1.29 is 13.6 Å². The summed E-state index contributed by atoms with van der Waals surface area (Å²) in [5, 5.41) is 7.34. The van der Waals surface area contributed by atoms with Gasteiger partial charge in [-0.05, 0) is 36.4 Å². The van der Waals surface area contributed by atoms with Crippen LogP contribution < -0.4 is 4.90 Å². The molecular weight excluding hydrogens is 428 g/mol. The summed E-state index contributed by atoms with van der Waals surface area (Å²) in [4.78, 5) is 18.0. The highest BCUT2D eigenvalue weighted by Crippen LogP contribution is 2.34. The Kier molecular flexibility index (Phi) is 5.39. The number of benzene rings is 2. The number of nitrogens with zero attached hydrogens (tertiary/aromatic N) is 4. The summed E-state index contributed by atoms with van der Waals surface area (Å²) in [5.74, 6) is 1.40. The van der Waals surface area contributed by atoms with E-state index in [0.717, 1.165) is 48.6 Å². The van der Waals surface area contributed by atoms with Crippen LogP contribution in [0.5, 0.6) is 0 Å². The van der Waals surface area contributed by atoms with Crippen LogP contribution in [0.4, 0.5) is 5.69 Å². The number of fused-ring (bicyclic) bond motifs is 1. The van der Waals surface area contributed by atoms with Crippen LogP contribution in [0.15, 0.2) is 93.0 Å². The zero-order valence-corrected chi connectivity index (χ0v) is 18.8. The number of anilines is 1. The van der Waals surface area contributed by atoms with E-state index in [2.05, 4.69) is 34.1 Å². The summed E-state index contributed by atoms with van der Waals surface area (Å²) in [6.07, 6.45) is 2.20. The number of furan rings is 2. The van der Waals surface area contributed by atoms with Crippen LogP contribution in [-0.2, 0) is 4.79 Å². The monoisotopic (exact) mass is 454 g/mol. The molecule has 1 amide bonds. The minimum atomic E-state index is -0.267. The standard InChI is InChI=1S/C27H26N4O3/c32-27(19-29-12-14-30(15-13-29)21-8-2-1-3-9-21)31-23(25-11-6-16-33-25)18-22(28-31)26-17-20-7-4-5-10-24(20)34-26/h1-11,16-17,23H,12-15,18-19H2/t23-/m1/s1. The lowest BCUT2D eigenvalue weighted by Gasteiger charge is -2.36. The van der Waals surface area contributed by atoms with Crippen molar-refractivity contribution in [1.29, 1.82) is 0 Å². The molecule has 4 heterocycles. The Morgan fingerprint density at radius 1 is 0.941 bits per heavy atom. The van der Waals surface area contributed by atoms with Gasteiger partial charge >= 0.3 is 0 Å². The van der Waals surface area contributed by atoms with Crippen LogP contribution in [0, 0.1) is 0 Å². The van der Waals surface area contributed by atoms with Gasteiger partial charge in [0, 0.05) is 43.7 Å². The first-order chi connectivity index (χ1) is 16.7. The van der Waals surface area contributed by atoms with Gasteiger partial charge in [0.15, 0.2) is 5.76 Å². The quantitative estimate of drug-likeness (QED) is 0.443. The van der Waals surface area contributed by atoms with E-state index in [1.165, 1.54) is 5.69 Å². The first-order valence-corrected chi connectivity index (χ1v) is 11.7. The van der Waals surface area contributed by atoms with E-state index in [4.69, 9.17) is 13.9 Å². The molecule has 172 valence electrons. The predicted octanol–water partition coefficient (Wildman–Crippen LogP) is 4.53. The fourth-order valence-corrected chi connectivity index (χ4v) is 4.78. The second kappa shape index (κ2) is 8.83. The first-order valence-electron chi connectivity index (χ1n) is 11.7. The number of rotatable bonds is 5. The maximum absolute atomic E-state index is 13.4. The Morgan fingerprint density at radius 3 is 2.50 bits per heavy atom. The van der Waals surface area contributed by atoms with E-state index < -0.39 is 0 Å². The third kappa shape index (κ3) is 3.99. The molecule has 0 saturated carbocycles. The van der Waals surface area contributed by atoms with Gasteiger partial charge in [-0.1, -0.05) is 36.4 Å². The van der Waals surface area contributed by atoms with Crippen LogP contribution in [0.3, 0.4) is 0 Å². The first kappa shape index (κ1) is 20.7. The summed E-state index contributed by atoms with van der Waals surface area (Å²) in [6, 6.07) is 23.8. The number of para-hydroxylation sites is 2. The van der Waals surface area contributed by atoms with E-state index >= 15 is 0 Å². The highest BCUT2D eigenvalue weighted by molar-refractivity contribution is 6.03. The van der Waals surface area contributed by atoms with E-state index in [1.54, 1.807) is 11.3 Å². The van der Waals surface area contributed by atoms with Crippen molar-refractivity contribution in [3.05, 3.63) is 90.6 Å². The van der Waals surface area contributed by atoms with Gasteiger partial charge in [-0.25, -0.2) is 5.01 Å². The van der Waals surface area contributed by atoms with Crippen LogP contribution >= 0.6 is 0 Å². The zero-order valence-electron chi connectivity index (χ0n) is 18.8. The van der Waals surface area contributed by atoms with Crippen molar-refractivity contribution in [3.63, 3.8) is 0 Å². The van der Waals surface area contributed by atoms with Crippen LogP contribution in [0.2, 0.25) is 0 Å². The maximum Gasteiger partial charge on any atom is 0.257 e. The molecular formula is C27H26N4O3. The third-order valence-corrected chi connectivity index (χ3v) is 6.60. The maximum atomic E-state index is 13.4. The molecule has 2 aromatic carbocycles. The molecule has 0 N–H and O–H groups in total. The number of amides is 1. The fraction of sp³-hybridized carbons (Fsp3) is 0.259. The fourth-order valence-electron chi connectivity index (χ4n) is 4.78. The number of piperazine rings is 1. The van der Waals surface area contributed by atoms with Gasteiger partial charge in [0.25, 0.3) is 5.91 Å². The molecule has 2 aromatic heterocycles. The molecule has 0 aliphatic carbocycles. The number of hydrogen-bond acceptors (Lipinski definition) is 6. The van der Waals surface area contributed by atoms with Crippen LogP contribution in [-0.4, -0.2) is 54.3 Å². The number of carbonyl (C=O) groups excluding carboxylic acids is 1. The van der Waals surface area contributed by atoms with Gasteiger partial charge < -0.3 is 13.7 Å². The van der Waals surface area contributed by atoms with Crippen molar-refractivity contribution >= 4 is 28.3 Å². The van der Waals surface area contributed by atoms with Crippen molar-refractivity contribution in [1.82, 2.24) is 9.91 Å². The zero-order chi connectivity index (χ0) is 22.9. The van der Waals surface area contributed by atoms with Gasteiger partial charge in [0.1, 0.15) is 23.1 Å². The number of hydrogen-bond donors (Lipinski definition) is 0. The Labute approximate surface area is 197 Å². The van der Waals surface area contributed by atoms with E-state index in [0.29, 0.717) is 18.7 Å². The van der Waals surface area contributed by atoms with E-state index in [-0.39, 0.29) is 11.9 Å². The molecule has 6 rings (SSSR count). The number of carbonyl (C=O) groups is 1. The molecule has 1 fully saturated rings. The Morgan fingerprint density at radius 2 is 1.74 bits per heavy atom. The summed E-state index contributed by atoms with van der Waals surface area (Å²) >= 11 is 0. The van der Waals surface area contributed by atoms with Gasteiger partial charge in [0.2, 0.25) is 0 Å². The largest absolute Gasteiger partial charge is 0.467 e. The summed E-state index contributed by atoms with van der Waals surface area (Å²) in [7, 11) is 0. The highest BCUT2D eigenvalue weighted by Gasteiger charge is 2.36. The minimum Gasteiger partial charge on any atom is -0.467 e. The molecule has 1 saturated heterocycles. The highest BCUT2D eigenvalue weighted by atomic mass is 16.3. The summed E-state index contributed by atoms with van der Waals surface area (Å²) in [6.45, 7) is 3.79. The van der Waals surface area contributed by atoms with Gasteiger partial charge in [-0.2, -0.15) is 5.10 Å². The minimum absolute atomic E-state index is 0.0272. The van der Waals surface area contributed by atoms with E-state index in [9.17, 15) is 4.79 Å². The van der Waals surface area contributed by atoms with Crippen molar-refractivity contribution in [2.75, 3.05) is 37.6 Å². The van der Waals surface area contributed by atoms with Crippen LogP contribution in [0.1, 0.15) is 24.0 Å². The molecule has 4 aromatic rings. The molecule has 2 aliphatic heterocycles. The number of hydrazone groups is 1. The lowest BCUT2D eigenvalue weighted by molar-refractivity contribution is -0.134. The average molecular weight is 455 g/mol. The van der Waals surface area contributed by atoms with Gasteiger partial charge in [-0.15, -0.1) is 0 Å². The molecule has 34 heavy (non-hydrogen) atoms. The molecule has 0 unspecified atom stereocenters. The lowest BCUT2D eigenvalue weighted by atomic mass is 10.1. The SMILES string of the molecule is O=C(CN1CCN(c2ccccc2)CC1)N1N=C(c2cc3ccccc3o2)C[C@@H]1c1ccco1. The smallest absolute Gasteiger partial charge is 0.257 e. The van der Waals surface area contributed by atoms with Crippen molar-refractivity contribution in [3.8, 4) is 0 Å². The predicted molar refractivity (Wildman–Crippen MR) is 131 cm³/mol. The Hall–Kier alpha value is -3.84. The van der Waals surface area contributed by atoms with Crippen LogP contribution in [0.25, 0.3) is 11.0 Å².